The number of hydrogen-bond donors (Lipinski definition) is 2. The first-order valence-corrected chi connectivity index (χ1v) is 6.13. The van der Waals surface area contributed by atoms with E-state index in [-0.39, 0.29) is 18.4 Å². The van der Waals surface area contributed by atoms with Crippen LogP contribution in [0.3, 0.4) is 0 Å². The fourth-order valence-electron chi connectivity index (χ4n) is 1.88. The van der Waals surface area contributed by atoms with E-state index < -0.39 is 5.97 Å². The maximum Gasteiger partial charge on any atom is 0.322 e. The monoisotopic (exact) mass is 265 g/mol. The van der Waals surface area contributed by atoms with E-state index in [1.165, 1.54) is 0 Å². The van der Waals surface area contributed by atoms with Gasteiger partial charge in [-0.05, 0) is 24.0 Å². The Morgan fingerprint density at radius 1 is 1.37 bits per heavy atom. The number of rotatable bonds is 7. The molecule has 0 saturated heterocycles. The van der Waals surface area contributed by atoms with Gasteiger partial charge in [-0.2, -0.15) is 0 Å². The number of methoxy groups -OCH3 is 1. The number of carboxylic acids is 1. The Bertz CT molecular complexity index is 445. The fourth-order valence-corrected chi connectivity index (χ4v) is 1.88. The molecule has 1 aromatic carbocycles. The molecule has 0 aliphatic heterocycles. The van der Waals surface area contributed by atoms with E-state index in [0.717, 1.165) is 11.3 Å². The maximum absolute atomic E-state index is 11.5. The molecule has 1 amide bonds. The summed E-state index contributed by atoms with van der Waals surface area (Å²) in [4.78, 5) is 21.8. The van der Waals surface area contributed by atoms with Crippen molar-refractivity contribution in [2.75, 3.05) is 13.7 Å². The zero-order valence-corrected chi connectivity index (χ0v) is 11.2. The smallest absolute Gasteiger partial charge is 0.322 e. The predicted octanol–water partition coefficient (Wildman–Crippen LogP) is 1.46. The zero-order valence-electron chi connectivity index (χ0n) is 11.2. The Hall–Kier alpha value is -2.04. The van der Waals surface area contributed by atoms with Crippen molar-refractivity contribution in [3.05, 3.63) is 29.8 Å². The molecule has 0 spiro atoms. The second kappa shape index (κ2) is 7.41. The maximum atomic E-state index is 11.5. The molecular formula is C14H19NO4. The van der Waals surface area contributed by atoms with E-state index >= 15 is 0 Å². The molecule has 1 aromatic rings. The highest BCUT2D eigenvalue weighted by Gasteiger charge is 2.12. The van der Waals surface area contributed by atoms with Crippen LogP contribution in [0.25, 0.3) is 0 Å². The molecule has 0 bridgehead atoms. The minimum absolute atomic E-state index is 0.116. The van der Waals surface area contributed by atoms with E-state index in [1.54, 1.807) is 7.11 Å². The molecule has 0 radical (unpaired) electrons. The number of carbonyl (C=O) groups is 2. The second-order valence-corrected chi connectivity index (χ2v) is 4.50. The van der Waals surface area contributed by atoms with Gasteiger partial charge in [-0.3, -0.25) is 9.59 Å². The summed E-state index contributed by atoms with van der Waals surface area (Å²) >= 11 is 0. The number of ether oxygens (including phenoxy) is 1. The first kappa shape index (κ1) is 15.0. The summed E-state index contributed by atoms with van der Waals surface area (Å²) in [6, 6.07) is 7.67. The molecule has 19 heavy (non-hydrogen) atoms. The number of amides is 1. The van der Waals surface area contributed by atoms with Gasteiger partial charge in [0.2, 0.25) is 5.91 Å². The first-order valence-electron chi connectivity index (χ1n) is 6.13. The summed E-state index contributed by atoms with van der Waals surface area (Å²) in [5.74, 6) is -0.360. The number of para-hydroxylation sites is 1. The SMILES string of the molecule is COc1ccccc1CC(C)CC(=O)NCC(=O)O. The minimum Gasteiger partial charge on any atom is -0.496 e. The van der Waals surface area contributed by atoms with Crippen molar-refractivity contribution in [1.82, 2.24) is 5.32 Å². The van der Waals surface area contributed by atoms with Crippen LogP contribution in [0.4, 0.5) is 0 Å². The van der Waals surface area contributed by atoms with Crippen LogP contribution in [0.5, 0.6) is 5.75 Å². The van der Waals surface area contributed by atoms with Crippen LogP contribution in [0.1, 0.15) is 18.9 Å². The largest absolute Gasteiger partial charge is 0.496 e. The quantitative estimate of drug-likeness (QED) is 0.782. The third kappa shape index (κ3) is 5.42. The molecule has 5 nitrogen and oxygen atoms in total. The van der Waals surface area contributed by atoms with Gasteiger partial charge in [-0.15, -0.1) is 0 Å². The molecule has 0 aliphatic carbocycles. The van der Waals surface area contributed by atoms with Gasteiger partial charge in [-0.25, -0.2) is 0 Å². The summed E-state index contributed by atoms with van der Waals surface area (Å²) in [6.07, 6.45) is 1.01. The van der Waals surface area contributed by atoms with Crippen LogP contribution in [-0.2, 0) is 16.0 Å². The number of nitrogens with one attached hydrogen (secondary N) is 1. The molecule has 0 saturated carbocycles. The molecule has 104 valence electrons. The second-order valence-electron chi connectivity index (χ2n) is 4.50. The average molecular weight is 265 g/mol. The Labute approximate surface area is 112 Å². The molecule has 0 aliphatic rings. The Morgan fingerprint density at radius 2 is 2.05 bits per heavy atom. The Balaban J connectivity index is 2.48. The van der Waals surface area contributed by atoms with Gasteiger partial charge < -0.3 is 15.2 Å². The van der Waals surface area contributed by atoms with Gasteiger partial charge >= 0.3 is 5.97 Å². The van der Waals surface area contributed by atoms with Crippen molar-refractivity contribution in [3.63, 3.8) is 0 Å². The third-order valence-electron chi connectivity index (χ3n) is 2.73. The number of hydrogen-bond acceptors (Lipinski definition) is 3. The van der Waals surface area contributed by atoms with Crippen molar-refractivity contribution in [3.8, 4) is 5.75 Å². The highest BCUT2D eigenvalue weighted by Crippen LogP contribution is 2.21. The summed E-state index contributed by atoms with van der Waals surface area (Å²) < 4.78 is 5.25. The Morgan fingerprint density at radius 3 is 2.68 bits per heavy atom. The first-order chi connectivity index (χ1) is 9.02. The van der Waals surface area contributed by atoms with Gasteiger partial charge in [0.1, 0.15) is 12.3 Å². The van der Waals surface area contributed by atoms with Gasteiger partial charge in [0.05, 0.1) is 7.11 Å². The van der Waals surface area contributed by atoms with Crippen LogP contribution in [0, 0.1) is 5.92 Å². The van der Waals surface area contributed by atoms with Crippen LogP contribution in [-0.4, -0.2) is 30.6 Å². The summed E-state index contributed by atoms with van der Waals surface area (Å²) in [7, 11) is 1.61. The molecule has 5 heteroatoms. The van der Waals surface area contributed by atoms with Crippen molar-refractivity contribution < 1.29 is 19.4 Å². The van der Waals surface area contributed by atoms with E-state index in [4.69, 9.17) is 9.84 Å². The molecule has 2 N–H and O–H groups in total. The normalized spacial score (nSPS) is 11.7. The van der Waals surface area contributed by atoms with Crippen molar-refractivity contribution in [2.24, 2.45) is 5.92 Å². The lowest BCUT2D eigenvalue weighted by Crippen LogP contribution is -2.30. The Kier molecular flexibility index (Phi) is 5.85. The van der Waals surface area contributed by atoms with Gasteiger partial charge in [0.15, 0.2) is 0 Å². The van der Waals surface area contributed by atoms with Gasteiger partial charge in [-0.1, -0.05) is 25.1 Å². The summed E-state index contributed by atoms with van der Waals surface area (Å²) in [5, 5.41) is 10.8. The summed E-state index contributed by atoms with van der Waals surface area (Å²) in [6.45, 7) is 1.62. The zero-order chi connectivity index (χ0) is 14.3. The van der Waals surface area contributed by atoms with Crippen LogP contribution in [0.15, 0.2) is 24.3 Å². The summed E-state index contributed by atoms with van der Waals surface area (Å²) in [5.41, 5.74) is 1.04. The number of carbonyl (C=O) groups excluding carboxylic acids is 1. The lowest BCUT2D eigenvalue weighted by molar-refractivity contribution is -0.138. The number of benzene rings is 1. The van der Waals surface area contributed by atoms with E-state index in [1.807, 2.05) is 31.2 Å². The topological polar surface area (TPSA) is 75.6 Å². The van der Waals surface area contributed by atoms with E-state index in [9.17, 15) is 9.59 Å². The molecular weight excluding hydrogens is 246 g/mol. The molecule has 0 heterocycles. The molecule has 1 rings (SSSR count). The lowest BCUT2D eigenvalue weighted by atomic mass is 9.97. The van der Waals surface area contributed by atoms with Crippen LogP contribution in [0.2, 0.25) is 0 Å². The highest BCUT2D eigenvalue weighted by molar-refractivity contribution is 5.81. The van der Waals surface area contributed by atoms with Crippen molar-refractivity contribution in [2.45, 2.75) is 19.8 Å². The molecule has 1 unspecified atom stereocenters. The predicted molar refractivity (Wildman–Crippen MR) is 71.1 cm³/mol. The van der Waals surface area contributed by atoms with E-state index in [2.05, 4.69) is 5.32 Å². The standard InChI is InChI=1S/C14H19NO4/c1-10(8-13(16)15-9-14(17)18)7-11-5-3-4-6-12(11)19-2/h3-6,10H,7-9H2,1-2H3,(H,15,16)(H,17,18). The molecule has 1 atom stereocenters. The lowest BCUT2D eigenvalue weighted by Gasteiger charge is -2.13. The van der Waals surface area contributed by atoms with Crippen LogP contribution < -0.4 is 10.1 Å². The fraction of sp³-hybridized carbons (Fsp3) is 0.429. The van der Waals surface area contributed by atoms with Gasteiger partial charge in [0, 0.05) is 6.42 Å². The van der Waals surface area contributed by atoms with Gasteiger partial charge in [0.25, 0.3) is 0 Å². The molecule has 0 fully saturated rings. The average Bonchev–Trinajstić information content (AvgIpc) is 2.37. The van der Waals surface area contributed by atoms with Crippen molar-refractivity contribution in [1.29, 1.82) is 0 Å². The van der Waals surface area contributed by atoms with Crippen molar-refractivity contribution >= 4 is 11.9 Å². The highest BCUT2D eigenvalue weighted by atomic mass is 16.5. The third-order valence-corrected chi connectivity index (χ3v) is 2.73. The minimum atomic E-state index is -1.04. The number of aliphatic carboxylic acids is 1. The molecule has 0 aromatic heterocycles. The van der Waals surface area contributed by atoms with Crippen LogP contribution >= 0.6 is 0 Å². The number of carboxylic acid groups (broad SMARTS) is 1. The van der Waals surface area contributed by atoms with E-state index in [0.29, 0.717) is 12.8 Å².